The molecule has 144 valence electrons. The van der Waals surface area contributed by atoms with E-state index in [0.717, 1.165) is 5.56 Å². The molecule has 0 bridgehead atoms. The summed E-state index contributed by atoms with van der Waals surface area (Å²) in [7, 11) is 0. The maximum absolute atomic E-state index is 12.3. The van der Waals surface area contributed by atoms with Gasteiger partial charge < -0.3 is 15.2 Å². The predicted molar refractivity (Wildman–Crippen MR) is 98.4 cm³/mol. The molecular formula is C19H28N2O5. The van der Waals surface area contributed by atoms with Gasteiger partial charge in [-0.25, -0.2) is 9.59 Å². The molecule has 0 aromatic heterocycles. The van der Waals surface area contributed by atoms with Crippen LogP contribution in [0.4, 0.5) is 4.79 Å². The smallest absolute Gasteiger partial charge is 0.342 e. The van der Waals surface area contributed by atoms with E-state index in [-0.39, 0.29) is 29.2 Å². The first-order valence-corrected chi connectivity index (χ1v) is 8.67. The van der Waals surface area contributed by atoms with Crippen LogP contribution in [0.5, 0.6) is 5.75 Å². The molecule has 3 N–H and O–H groups in total. The van der Waals surface area contributed by atoms with Crippen LogP contribution in [0.2, 0.25) is 0 Å². The van der Waals surface area contributed by atoms with Crippen LogP contribution in [-0.4, -0.2) is 35.7 Å². The fourth-order valence-electron chi connectivity index (χ4n) is 2.28. The second kappa shape index (κ2) is 9.22. The number of hydrogen-bond donors (Lipinski definition) is 3. The van der Waals surface area contributed by atoms with Crippen molar-refractivity contribution in [3.8, 4) is 5.75 Å². The number of urea groups is 1. The zero-order valence-corrected chi connectivity index (χ0v) is 16.2. The van der Waals surface area contributed by atoms with E-state index in [4.69, 9.17) is 4.74 Å². The van der Waals surface area contributed by atoms with E-state index in [0.29, 0.717) is 5.56 Å². The Morgan fingerprint density at radius 1 is 1.04 bits per heavy atom. The lowest BCUT2D eigenvalue weighted by Gasteiger charge is -2.16. The van der Waals surface area contributed by atoms with Crippen LogP contribution in [0.25, 0.3) is 0 Å². The van der Waals surface area contributed by atoms with E-state index < -0.39 is 24.5 Å². The molecule has 26 heavy (non-hydrogen) atoms. The van der Waals surface area contributed by atoms with Gasteiger partial charge in [-0.05, 0) is 42.9 Å². The fourth-order valence-corrected chi connectivity index (χ4v) is 2.28. The van der Waals surface area contributed by atoms with E-state index in [1.807, 2.05) is 33.8 Å². The summed E-state index contributed by atoms with van der Waals surface area (Å²) in [6.45, 7) is 10.7. The van der Waals surface area contributed by atoms with Crippen LogP contribution >= 0.6 is 0 Å². The molecule has 0 saturated heterocycles. The van der Waals surface area contributed by atoms with E-state index in [2.05, 4.69) is 10.6 Å². The summed E-state index contributed by atoms with van der Waals surface area (Å²) in [6, 6.07) is 2.64. The molecule has 0 aliphatic carbocycles. The average Bonchev–Trinajstić information content (AvgIpc) is 2.51. The second-order valence-electron chi connectivity index (χ2n) is 7.07. The number of benzene rings is 1. The van der Waals surface area contributed by atoms with Gasteiger partial charge in [0.05, 0.1) is 0 Å². The lowest BCUT2D eigenvalue weighted by atomic mass is 9.92. The highest BCUT2D eigenvalue weighted by Gasteiger charge is 2.21. The normalized spacial score (nSPS) is 11.0. The minimum Gasteiger partial charge on any atom is -0.507 e. The summed E-state index contributed by atoms with van der Waals surface area (Å²) < 4.78 is 4.96. The van der Waals surface area contributed by atoms with Crippen molar-refractivity contribution in [3.05, 3.63) is 28.8 Å². The standard InChI is InChI=1S/C19H28N2O5/c1-10(2)13-7-14(11(3)4)17(23)15(8-13)18(24)26-9-16(22)21-19(25)20-12(5)6/h7-8,10-12,23H,9H2,1-6H3,(H2,20,21,22,25). The molecule has 0 unspecified atom stereocenters. The maximum atomic E-state index is 12.3. The molecule has 0 spiro atoms. The number of carbonyl (C=O) groups excluding carboxylic acids is 3. The Labute approximate surface area is 154 Å². The molecule has 1 rings (SSSR count). The van der Waals surface area contributed by atoms with Gasteiger partial charge in [-0.1, -0.05) is 33.8 Å². The first-order chi connectivity index (χ1) is 12.0. The van der Waals surface area contributed by atoms with Gasteiger partial charge in [0.15, 0.2) is 6.61 Å². The van der Waals surface area contributed by atoms with E-state index >= 15 is 0 Å². The monoisotopic (exact) mass is 364 g/mol. The number of phenolic OH excluding ortho intramolecular Hbond substituents is 1. The Morgan fingerprint density at radius 3 is 2.15 bits per heavy atom. The van der Waals surface area contributed by atoms with Crippen molar-refractivity contribution >= 4 is 17.9 Å². The lowest BCUT2D eigenvalue weighted by Crippen LogP contribution is -2.44. The third kappa shape index (κ3) is 6.06. The first-order valence-electron chi connectivity index (χ1n) is 8.67. The van der Waals surface area contributed by atoms with Gasteiger partial charge in [0, 0.05) is 6.04 Å². The van der Waals surface area contributed by atoms with Crippen molar-refractivity contribution in [2.24, 2.45) is 0 Å². The van der Waals surface area contributed by atoms with Gasteiger partial charge in [-0.3, -0.25) is 10.1 Å². The lowest BCUT2D eigenvalue weighted by molar-refractivity contribution is -0.123. The number of phenols is 1. The summed E-state index contributed by atoms with van der Waals surface area (Å²) >= 11 is 0. The van der Waals surface area contributed by atoms with Crippen molar-refractivity contribution < 1.29 is 24.2 Å². The third-order valence-electron chi connectivity index (χ3n) is 3.68. The third-order valence-corrected chi connectivity index (χ3v) is 3.68. The SMILES string of the molecule is CC(C)NC(=O)NC(=O)COC(=O)c1cc(C(C)C)cc(C(C)C)c1O. The Hall–Kier alpha value is -2.57. The van der Waals surface area contributed by atoms with Gasteiger partial charge in [0.25, 0.3) is 5.91 Å². The van der Waals surface area contributed by atoms with Crippen LogP contribution in [0.15, 0.2) is 12.1 Å². The Balaban J connectivity index is 2.87. The first kappa shape index (κ1) is 21.5. The number of ether oxygens (including phenoxy) is 1. The number of esters is 1. The summed E-state index contributed by atoms with van der Waals surface area (Å²) in [6.07, 6.45) is 0. The molecule has 0 atom stereocenters. The molecule has 7 nitrogen and oxygen atoms in total. The second-order valence-corrected chi connectivity index (χ2v) is 7.07. The zero-order chi connectivity index (χ0) is 20.0. The van der Waals surface area contributed by atoms with Gasteiger partial charge >= 0.3 is 12.0 Å². The molecule has 0 heterocycles. The molecule has 3 amide bonds. The predicted octanol–water partition coefficient (Wildman–Crippen LogP) is 3.03. The van der Waals surface area contributed by atoms with Crippen molar-refractivity contribution in [3.63, 3.8) is 0 Å². The molecule has 0 aliphatic rings. The van der Waals surface area contributed by atoms with Gasteiger partial charge in [0.1, 0.15) is 11.3 Å². The van der Waals surface area contributed by atoms with Crippen molar-refractivity contribution in [2.75, 3.05) is 6.61 Å². The number of carbonyl (C=O) groups is 3. The van der Waals surface area contributed by atoms with Gasteiger partial charge in [-0.15, -0.1) is 0 Å². The van der Waals surface area contributed by atoms with Crippen molar-refractivity contribution in [1.29, 1.82) is 0 Å². The van der Waals surface area contributed by atoms with Crippen LogP contribution in [0.3, 0.4) is 0 Å². The molecule has 1 aromatic rings. The van der Waals surface area contributed by atoms with Gasteiger partial charge in [0.2, 0.25) is 0 Å². The Morgan fingerprint density at radius 2 is 1.65 bits per heavy atom. The Bertz CT molecular complexity index is 681. The van der Waals surface area contributed by atoms with Crippen LogP contribution in [0, 0.1) is 0 Å². The van der Waals surface area contributed by atoms with E-state index in [9.17, 15) is 19.5 Å². The zero-order valence-electron chi connectivity index (χ0n) is 16.2. The van der Waals surface area contributed by atoms with Crippen molar-refractivity contribution in [2.45, 2.75) is 59.4 Å². The maximum Gasteiger partial charge on any atom is 0.342 e. The highest BCUT2D eigenvalue weighted by Crippen LogP contribution is 2.33. The molecule has 0 fully saturated rings. The van der Waals surface area contributed by atoms with Crippen molar-refractivity contribution in [1.82, 2.24) is 10.6 Å². The number of amides is 3. The summed E-state index contributed by atoms with van der Waals surface area (Å²) in [4.78, 5) is 35.5. The minimum absolute atomic E-state index is 0.0133. The molecule has 0 saturated carbocycles. The summed E-state index contributed by atoms with van der Waals surface area (Å²) in [5.74, 6) is -1.54. The quantitative estimate of drug-likeness (QED) is 0.673. The van der Waals surface area contributed by atoms with Crippen LogP contribution in [0.1, 0.15) is 74.9 Å². The molecular weight excluding hydrogens is 336 g/mol. The highest BCUT2D eigenvalue weighted by molar-refractivity contribution is 5.98. The molecule has 0 aliphatic heterocycles. The summed E-state index contributed by atoms with van der Waals surface area (Å²) in [5, 5.41) is 14.9. The topological polar surface area (TPSA) is 105 Å². The average molecular weight is 364 g/mol. The molecule has 7 heteroatoms. The van der Waals surface area contributed by atoms with Crippen LogP contribution in [-0.2, 0) is 9.53 Å². The number of aromatic hydroxyl groups is 1. The number of nitrogens with one attached hydrogen (secondary N) is 2. The summed E-state index contributed by atoms with van der Waals surface area (Å²) in [5.41, 5.74) is 1.54. The number of imide groups is 1. The molecule has 0 radical (unpaired) electrons. The van der Waals surface area contributed by atoms with Crippen LogP contribution < -0.4 is 10.6 Å². The van der Waals surface area contributed by atoms with E-state index in [1.165, 1.54) is 0 Å². The fraction of sp³-hybridized carbons (Fsp3) is 0.526. The largest absolute Gasteiger partial charge is 0.507 e. The number of hydrogen-bond acceptors (Lipinski definition) is 5. The molecule has 1 aromatic carbocycles. The van der Waals surface area contributed by atoms with Gasteiger partial charge in [-0.2, -0.15) is 0 Å². The van der Waals surface area contributed by atoms with E-state index in [1.54, 1.807) is 19.9 Å². The minimum atomic E-state index is -0.814. The Kier molecular flexibility index (Phi) is 7.61. The highest BCUT2D eigenvalue weighted by atomic mass is 16.5. The number of rotatable bonds is 6.